The summed E-state index contributed by atoms with van der Waals surface area (Å²) in [5, 5.41) is 8.14. The van der Waals surface area contributed by atoms with Crippen LogP contribution in [0.4, 0.5) is 0 Å². The minimum atomic E-state index is -0.782. The third-order valence-corrected chi connectivity index (χ3v) is 2.47. The fourth-order valence-corrected chi connectivity index (χ4v) is 1.60. The van der Waals surface area contributed by atoms with Crippen molar-refractivity contribution in [2.24, 2.45) is 0 Å². The van der Waals surface area contributed by atoms with E-state index < -0.39 is 53.2 Å². The number of hydrogen-bond donors (Lipinski definition) is 2. The van der Waals surface area contributed by atoms with E-state index in [0.717, 1.165) is 12.3 Å². The van der Waals surface area contributed by atoms with Crippen LogP contribution in [-0.4, -0.2) is 13.1 Å². The molecule has 0 spiro atoms. The SMILES string of the molecule is [2H]Oc1c([2H])c([2H])c(-c2coc3c([2H])c(O[2H])c([2H])cc3c2=O)c([2H])c1[2H]. The van der Waals surface area contributed by atoms with Gasteiger partial charge in [0, 0.05) is 6.04 Å². The van der Waals surface area contributed by atoms with Crippen molar-refractivity contribution >= 4 is 11.0 Å². The molecule has 0 aliphatic heterocycles. The van der Waals surface area contributed by atoms with Gasteiger partial charge in [-0.25, -0.2) is 0 Å². The summed E-state index contributed by atoms with van der Waals surface area (Å²) in [5.41, 5.74) is -1.70. The summed E-state index contributed by atoms with van der Waals surface area (Å²) in [6.07, 6.45) is 0.881. The van der Waals surface area contributed by atoms with E-state index in [0.29, 0.717) is 0 Å². The maximum absolute atomic E-state index is 12.8. The highest BCUT2D eigenvalue weighted by molar-refractivity contribution is 5.82. The molecular formula is C15H10O4. The number of fused-ring (bicyclic) bond motifs is 1. The number of phenolic OH excluding ortho intramolecular Hbond substituents is 2. The van der Waals surface area contributed by atoms with Crippen LogP contribution in [0, 0.1) is 0 Å². The second-order valence-corrected chi connectivity index (χ2v) is 3.67. The molecule has 0 saturated carbocycles. The van der Waals surface area contributed by atoms with Gasteiger partial charge in [0.05, 0.1) is 19.2 Å². The molecule has 0 aliphatic carbocycles. The third kappa shape index (κ3) is 1.93. The summed E-state index contributed by atoms with van der Waals surface area (Å²) in [7, 11) is 0. The van der Waals surface area contributed by atoms with Gasteiger partial charge in [-0.15, -0.1) is 0 Å². The Balaban J connectivity index is 2.41. The monoisotopic (exact) mass is 262 g/mol. The molecule has 0 bridgehead atoms. The Kier molecular flexibility index (Phi) is 1.20. The van der Waals surface area contributed by atoms with Gasteiger partial charge in [-0.3, -0.25) is 4.79 Å². The number of hydrogen-bond acceptors (Lipinski definition) is 4. The smallest absolute Gasteiger partial charge is 0.293 e. The van der Waals surface area contributed by atoms with Gasteiger partial charge < -0.3 is 14.6 Å². The molecule has 0 radical (unpaired) electrons. The van der Waals surface area contributed by atoms with Crippen molar-refractivity contribution in [3.05, 3.63) is 58.8 Å². The molecule has 0 unspecified atom stereocenters. The van der Waals surface area contributed by atoms with E-state index in [9.17, 15) is 4.79 Å². The molecule has 0 fully saturated rings. The molecule has 4 nitrogen and oxygen atoms in total. The molecule has 0 saturated heterocycles. The fraction of sp³-hybridized carbons (Fsp3) is 0. The Morgan fingerprint density at radius 2 is 1.89 bits per heavy atom. The lowest BCUT2D eigenvalue weighted by Gasteiger charge is -2.03. The first-order valence-electron chi connectivity index (χ1n) is 8.98. The van der Waals surface area contributed by atoms with Crippen molar-refractivity contribution in [2.45, 2.75) is 0 Å². The average Bonchev–Trinajstić information content (AvgIpc) is 2.63. The Morgan fingerprint density at radius 1 is 1.11 bits per heavy atom. The minimum absolute atomic E-state index is 0.207. The zero-order valence-corrected chi connectivity index (χ0v) is 9.29. The largest absolute Gasteiger partial charge is 0.508 e. The fourth-order valence-electron chi connectivity index (χ4n) is 1.60. The average molecular weight is 262 g/mol. The highest BCUT2D eigenvalue weighted by atomic mass is 16.3. The van der Waals surface area contributed by atoms with Crippen LogP contribution < -0.4 is 5.43 Å². The van der Waals surface area contributed by atoms with Gasteiger partial charge in [-0.2, -0.15) is 0 Å². The van der Waals surface area contributed by atoms with Crippen molar-refractivity contribution < 1.29 is 22.9 Å². The molecule has 3 aromatic rings. The Bertz CT molecular complexity index is 1110. The van der Waals surface area contributed by atoms with E-state index in [4.69, 9.17) is 15.5 Å². The van der Waals surface area contributed by atoms with Crippen molar-refractivity contribution in [3.63, 3.8) is 0 Å². The summed E-state index contributed by atoms with van der Waals surface area (Å²) in [4.78, 5) is 12.8. The molecule has 94 valence electrons. The van der Waals surface area contributed by atoms with Gasteiger partial charge in [0.15, 0.2) is 5.43 Å². The van der Waals surface area contributed by atoms with Gasteiger partial charge in [0.2, 0.25) is 0 Å². The summed E-state index contributed by atoms with van der Waals surface area (Å²) in [5.74, 6) is -0.988. The maximum atomic E-state index is 12.8. The van der Waals surface area contributed by atoms with Crippen LogP contribution in [0.25, 0.3) is 22.1 Å². The van der Waals surface area contributed by atoms with E-state index in [-0.39, 0.29) is 22.1 Å². The number of aromatic hydroxyl groups is 2. The topological polar surface area (TPSA) is 70.7 Å². The summed E-state index contributed by atoms with van der Waals surface area (Å²) in [6, 6.07) is -2.33. The standard InChI is InChI=1S/C15H10O4/c16-10-3-1-9(2-4-10)13-8-19-14-7-11(17)5-6-12(14)15(13)18/h1-8,16-17H/i1D,2D,3D,4D,5D,7D/hD2. The normalized spacial score (nSPS) is 16.2. The molecule has 0 atom stereocenters. The molecule has 1 heterocycles. The van der Waals surface area contributed by atoms with Gasteiger partial charge in [-0.05, 0) is 29.8 Å². The molecule has 2 aromatic carbocycles. The third-order valence-electron chi connectivity index (χ3n) is 2.47. The number of rotatable bonds is 3. The van der Waals surface area contributed by atoms with E-state index in [1.54, 1.807) is 0 Å². The summed E-state index contributed by atoms with van der Waals surface area (Å²) in [6.45, 7) is 0. The van der Waals surface area contributed by atoms with Crippen LogP contribution in [0.15, 0.2) is 57.8 Å². The molecule has 1 aromatic heterocycles. The van der Waals surface area contributed by atoms with Gasteiger partial charge in [-0.1, -0.05) is 12.1 Å². The van der Waals surface area contributed by atoms with Crippen molar-refractivity contribution in [2.75, 3.05) is 0 Å². The van der Waals surface area contributed by atoms with E-state index in [2.05, 4.69) is 10.2 Å². The predicted molar refractivity (Wildman–Crippen MR) is 71.2 cm³/mol. The first-order chi connectivity index (χ1) is 12.7. The van der Waals surface area contributed by atoms with Crippen LogP contribution >= 0.6 is 0 Å². The summed E-state index contributed by atoms with van der Waals surface area (Å²) < 4.78 is 66.3. The van der Waals surface area contributed by atoms with Crippen LogP contribution in [-0.2, 0) is 0 Å². The Morgan fingerprint density at radius 3 is 2.63 bits per heavy atom. The zero-order valence-electron chi connectivity index (χ0n) is 17.3. The Labute approximate surface area is 119 Å². The number of benzene rings is 2. The summed E-state index contributed by atoms with van der Waals surface area (Å²) >= 11 is 0. The van der Waals surface area contributed by atoms with Gasteiger partial charge in [0.25, 0.3) is 2.86 Å². The molecule has 19 heavy (non-hydrogen) atoms. The predicted octanol–water partition coefficient (Wildman–Crippen LogP) is 2.87. The maximum Gasteiger partial charge on any atom is 0.293 e. The van der Waals surface area contributed by atoms with Crippen molar-refractivity contribution in [3.8, 4) is 22.6 Å². The van der Waals surface area contributed by atoms with E-state index in [1.807, 2.05) is 0 Å². The quantitative estimate of drug-likeness (QED) is 0.761. The first kappa shape index (κ1) is 5.48. The zero-order chi connectivity index (χ0) is 20.0. The van der Waals surface area contributed by atoms with Gasteiger partial charge in [0.1, 0.15) is 23.3 Å². The van der Waals surface area contributed by atoms with E-state index >= 15 is 0 Å². The molecule has 0 amide bonds. The molecule has 0 aliphatic rings. The highest BCUT2D eigenvalue weighted by Gasteiger charge is 2.09. The first-order valence-corrected chi connectivity index (χ1v) is 5.17. The molecular weight excluding hydrogens is 244 g/mol. The van der Waals surface area contributed by atoms with Crippen molar-refractivity contribution in [1.29, 1.82) is 2.86 Å². The molecule has 2 N–H and O–H groups in total. The second kappa shape index (κ2) is 4.17. The minimum Gasteiger partial charge on any atom is -0.508 e. The molecule has 3 rings (SSSR count). The van der Waals surface area contributed by atoms with Gasteiger partial charge >= 0.3 is 0 Å². The lowest BCUT2D eigenvalue weighted by molar-refractivity contribution is 0.473. The van der Waals surface area contributed by atoms with Crippen LogP contribution in [0.5, 0.6) is 11.5 Å². The van der Waals surface area contributed by atoms with E-state index in [1.165, 1.54) is 0 Å². The lowest BCUT2D eigenvalue weighted by Crippen LogP contribution is -2.04. The van der Waals surface area contributed by atoms with Crippen LogP contribution in [0.1, 0.15) is 8.22 Å². The van der Waals surface area contributed by atoms with Crippen molar-refractivity contribution in [1.82, 2.24) is 0 Å². The Hall–Kier alpha value is -2.75. The van der Waals surface area contributed by atoms with Crippen LogP contribution in [0.3, 0.4) is 0 Å². The second-order valence-electron chi connectivity index (χ2n) is 3.67. The lowest BCUT2D eigenvalue weighted by atomic mass is 10.1. The van der Waals surface area contributed by atoms with Crippen LogP contribution in [0.2, 0.25) is 0 Å². The molecule has 4 heteroatoms. The number of phenols is 2. The highest BCUT2D eigenvalue weighted by Crippen LogP contribution is 2.23.